The van der Waals surface area contributed by atoms with E-state index in [2.05, 4.69) is 12.2 Å². The number of alkyl halides is 3. The van der Waals surface area contributed by atoms with E-state index in [1.54, 1.807) is 6.07 Å². The van der Waals surface area contributed by atoms with E-state index in [-0.39, 0.29) is 17.3 Å². The molecule has 0 radical (unpaired) electrons. The summed E-state index contributed by atoms with van der Waals surface area (Å²) in [6, 6.07) is 5.58. The maximum atomic E-state index is 13.1. The summed E-state index contributed by atoms with van der Waals surface area (Å²) in [5.41, 5.74) is -0.627. The molecule has 0 spiro atoms. The fourth-order valence-electron chi connectivity index (χ4n) is 3.06. The maximum Gasteiger partial charge on any atom is 0.418 e. The average Bonchev–Trinajstić information content (AvgIpc) is 2.47. The number of hydrogen-bond donors (Lipinski definition) is 1. The number of anilines is 1. The third-order valence-electron chi connectivity index (χ3n) is 4.23. The molecule has 1 N–H and O–H groups in total. The zero-order valence-corrected chi connectivity index (χ0v) is 12.0. The average molecular weight is 296 g/mol. The van der Waals surface area contributed by atoms with Gasteiger partial charge in [0.15, 0.2) is 0 Å². The lowest BCUT2D eigenvalue weighted by molar-refractivity contribution is -0.137. The smallest absolute Gasteiger partial charge is 0.382 e. The number of benzene rings is 1. The molecule has 1 aromatic carbocycles. The van der Waals surface area contributed by atoms with E-state index in [1.807, 2.05) is 0 Å². The van der Waals surface area contributed by atoms with Crippen LogP contribution in [0, 0.1) is 17.2 Å². The van der Waals surface area contributed by atoms with Crippen molar-refractivity contribution < 1.29 is 13.2 Å². The first-order chi connectivity index (χ1) is 9.95. The van der Waals surface area contributed by atoms with Gasteiger partial charge in [-0.25, -0.2) is 0 Å². The van der Waals surface area contributed by atoms with Crippen LogP contribution >= 0.6 is 0 Å². The second kappa shape index (κ2) is 6.38. The molecule has 2 rings (SSSR count). The monoisotopic (exact) mass is 296 g/mol. The standard InChI is InChI=1S/C16H19F3N2/c1-2-12-5-3-4-6-14(12)21-15-8-7-11(10-20)9-13(15)16(17,18)19/h7-9,12,14,21H,2-6H2,1H3. The lowest BCUT2D eigenvalue weighted by atomic mass is 9.82. The number of halogens is 3. The Hall–Kier alpha value is -1.70. The molecular weight excluding hydrogens is 277 g/mol. The van der Waals surface area contributed by atoms with Crippen molar-refractivity contribution in [1.82, 2.24) is 0 Å². The van der Waals surface area contributed by atoms with E-state index in [4.69, 9.17) is 5.26 Å². The van der Waals surface area contributed by atoms with Gasteiger partial charge in [0.1, 0.15) is 0 Å². The van der Waals surface area contributed by atoms with Crippen LogP contribution in [0.5, 0.6) is 0 Å². The van der Waals surface area contributed by atoms with Gasteiger partial charge in [-0.3, -0.25) is 0 Å². The lowest BCUT2D eigenvalue weighted by Gasteiger charge is -2.33. The fraction of sp³-hybridized carbons (Fsp3) is 0.562. The molecule has 1 aliphatic carbocycles. The molecule has 0 amide bonds. The zero-order valence-electron chi connectivity index (χ0n) is 12.0. The Morgan fingerprint density at radius 1 is 1.29 bits per heavy atom. The van der Waals surface area contributed by atoms with Crippen molar-refractivity contribution in [2.24, 2.45) is 5.92 Å². The van der Waals surface area contributed by atoms with Crippen LogP contribution in [0.1, 0.15) is 50.2 Å². The molecule has 2 atom stereocenters. The van der Waals surface area contributed by atoms with Crippen LogP contribution in [0.3, 0.4) is 0 Å². The lowest BCUT2D eigenvalue weighted by Crippen LogP contribution is -2.32. The minimum absolute atomic E-state index is 0.0311. The van der Waals surface area contributed by atoms with Gasteiger partial charge >= 0.3 is 6.18 Å². The van der Waals surface area contributed by atoms with Crippen LogP contribution in [0.25, 0.3) is 0 Å². The molecule has 21 heavy (non-hydrogen) atoms. The predicted molar refractivity (Wildman–Crippen MR) is 75.8 cm³/mol. The summed E-state index contributed by atoms with van der Waals surface area (Å²) in [7, 11) is 0. The molecule has 0 heterocycles. The van der Waals surface area contributed by atoms with Crippen molar-refractivity contribution in [3.63, 3.8) is 0 Å². The molecule has 1 fully saturated rings. The Kier molecular flexibility index (Phi) is 4.76. The molecule has 114 valence electrons. The van der Waals surface area contributed by atoms with Crippen LogP contribution < -0.4 is 5.32 Å². The van der Waals surface area contributed by atoms with Gasteiger partial charge < -0.3 is 5.32 Å². The van der Waals surface area contributed by atoms with E-state index in [1.165, 1.54) is 12.1 Å². The Bertz CT molecular complexity index is 531. The summed E-state index contributed by atoms with van der Waals surface area (Å²) >= 11 is 0. The SMILES string of the molecule is CCC1CCCCC1Nc1ccc(C#N)cc1C(F)(F)F. The van der Waals surface area contributed by atoms with E-state index < -0.39 is 11.7 Å². The number of rotatable bonds is 3. The second-order valence-corrected chi connectivity index (χ2v) is 5.57. The largest absolute Gasteiger partial charge is 0.418 e. The number of hydrogen-bond acceptors (Lipinski definition) is 2. The zero-order chi connectivity index (χ0) is 15.5. The minimum atomic E-state index is -4.45. The molecule has 5 heteroatoms. The Labute approximate surface area is 123 Å². The molecular formula is C16H19F3N2. The van der Waals surface area contributed by atoms with E-state index in [0.29, 0.717) is 5.92 Å². The first-order valence-corrected chi connectivity index (χ1v) is 7.33. The van der Waals surface area contributed by atoms with Gasteiger partial charge in [0.25, 0.3) is 0 Å². The molecule has 0 aromatic heterocycles. The quantitative estimate of drug-likeness (QED) is 0.856. The van der Waals surface area contributed by atoms with Crippen LogP contribution in [0.2, 0.25) is 0 Å². The van der Waals surface area contributed by atoms with Gasteiger partial charge in [0.05, 0.1) is 17.2 Å². The minimum Gasteiger partial charge on any atom is -0.382 e. The first-order valence-electron chi connectivity index (χ1n) is 7.33. The normalized spacial score (nSPS) is 22.6. The Morgan fingerprint density at radius 2 is 2.00 bits per heavy atom. The van der Waals surface area contributed by atoms with E-state index in [9.17, 15) is 13.2 Å². The van der Waals surface area contributed by atoms with Gasteiger partial charge in [-0.2, -0.15) is 18.4 Å². The highest BCUT2D eigenvalue weighted by atomic mass is 19.4. The summed E-state index contributed by atoms with van der Waals surface area (Å²) < 4.78 is 39.4. The van der Waals surface area contributed by atoms with Gasteiger partial charge in [0, 0.05) is 11.7 Å². The maximum absolute atomic E-state index is 13.1. The molecule has 0 bridgehead atoms. The first kappa shape index (κ1) is 15.7. The summed E-state index contributed by atoms with van der Waals surface area (Å²) in [5.74, 6) is 0.412. The molecule has 1 saturated carbocycles. The van der Waals surface area contributed by atoms with Crippen LogP contribution in [-0.2, 0) is 6.18 Å². The summed E-state index contributed by atoms with van der Waals surface area (Å²) in [4.78, 5) is 0. The summed E-state index contributed by atoms with van der Waals surface area (Å²) in [5, 5.41) is 11.9. The highest BCUT2D eigenvalue weighted by molar-refractivity contribution is 5.56. The summed E-state index contributed by atoms with van der Waals surface area (Å²) in [6.45, 7) is 2.08. The Morgan fingerprint density at radius 3 is 2.62 bits per heavy atom. The molecule has 0 saturated heterocycles. The molecule has 2 nitrogen and oxygen atoms in total. The van der Waals surface area contributed by atoms with Crippen molar-refractivity contribution in [3.8, 4) is 6.07 Å². The van der Waals surface area contributed by atoms with Crippen molar-refractivity contribution in [2.45, 2.75) is 51.2 Å². The van der Waals surface area contributed by atoms with Crippen molar-refractivity contribution >= 4 is 5.69 Å². The summed E-state index contributed by atoms with van der Waals surface area (Å²) in [6.07, 6.45) is 0.671. The van der Waals surface area contributed by atoms with Crippen molar-refractivity contribution in [3.05, 3.63) is 29.3 Å². The second-order valence-electron chi connectivity index (χ2n) is 5.57. The van der Waals surface area contributed by atoms with Crippen molar-refractivity contribution in [1.29, 1.82) is 5.26 Å². The van der Waals surface area contributed by atoms with Gasteiger partial charge in [-0.1, -0.05) is 26.2 Å². The molecule has 1 aromatic rings. The number of nitriles is 1. The van der Waals surface area contributed by atoms with E-state index >= 15 is 0 Å². The highest BCUT2D eigenvalue weighted by Crippen LogP contribution is 2.37. The van der Waals surface area contributed by atoms with E-state index in [0.717, 1.165) is 38.2 Å². The molecule has 1 aliphatic rings. The van der Waals surface area contributed by atoms with Crippen LogP contribution in [0.15, 0.2) is 18.2 Å². The van der Waals surface area contributed by atoms with Crippen molar-refractivity contribution in [2.75, 3.05) is 5.32 Å². The molecule has 2 unspecified atom stereocenters. The third kappa shape index (κ3) is 3.69. The van der Waals surface area contributed by atoms with Crippen LogP contribution in [-0.4, -0.2) is 6.04 Å². The Balaban J connectivity index is 2.29. The van der Waals surface area contributed by atoms with Gasteiger partial charge in [0.2, 0.25) is 0 Å². The van der Waals surface area contributed by atoms with Gasteiger partial charge in [-0.15, -0.1) is 0 Å². The predicted octanol–water partition coefficient (Wildman–Crippen LogP) is 4.96. The van der Waals surface area contributed by atoms with Crippen LogP contribution in [0.4, 0.5) is 18.9 Å². The molecule has 0 aliphatic heterocycles. The fourth-order valence-corrected chi connectivity index (χ4v) is 3.06. The number of nitrogens with one attached hydrogen (secondary N) is 1. The topological polar surface area (TPSA) is 35.8 Å². The highest BCUT2D eigenvalue weighted by Gasteiger charge is 2.35. The number of nitrogens with zero attached hydrogens (tertiary/aromatic N) is 1. The van der Waals surface area contributed by atoms with Gasteiger partial charge in [-0.05, 0) is 37.0 Å². The third-order valence-corrected chi connectivity index (χ3v) is 4.23.